The number of nitrogens with two attached hydrogens (primary N) is 1. The molecule has 1 aliphatic heterocycles. The highest BCUT2D eigenvalue weighted by atomic mass is 35.5. The highest BCUT2D eigenvalue weighted by Gasteiger charge is 2.35. The fraction of sp³-hybridized carbons (Fsp3) is 0.348. The molecule has 2 aliphatic rings. The highest BCUT2D eigenvalue weighted by Crippen LogP contribution is 2.40. The number of aliphatic hydroxyl groups excluding tert-OH is 1. The summed E-state index contributed by atoms with van der Waals surface area (Å²) in [4.78, 5) is 22.2. The minimum Gasteiger partial charge on any atom is -0.393 e. The second-order valence-electron chi connectivity index (χ2n) is 9.03. The van der Waals surface area contributed by atoms with Crippen LogP contribution in [0, 0.1) is 5.92 Å². The van der Waals surface area contributed by atoms with Gasteiger partial charge in [0.25, 0.3) is 0 Å². The quantitative estimate of drug-likeness (QED) is 0.292. The van der Waals surface area contributed by atoms with Gasteiger partial charge in [0.15, 0.2) is 0 Å². The molecule has 0 amide bonds. The van der Waals surface area contributed by atoms with E-state index in [0.717, 1.165) is 16.7 Å². The van der Waals surface area contributed by atoms with Crippen molar-refractivity contribution in [2.75, 3.05) is 11.9 Å². The Bertz CT molecular complexity index is 1450. The van der Waals surface area contributed by atoms with E-state index in [1.165, 1.54) is 23.9 Å². The summed E-state index contributed by atoms with van der Waals surface area (Å²) in [5.41, 5.74) is 3.20. The van der Waals surface area contributed by atoms with Gasteiger partial charge in [-0.25, -0.2) is 15.1 Å². The van der Waals surface area contributed by atoms with Gasteiger partial charge >= 0.3 is 10.3 Å². The van der Waals surface area contributed by atoms with Crippen molar-refractivity contribution in [3.05, 3.63) is 73.3 Å². The smallest absolute Gasteiger partial charge is 0.333 e. The number of nitrogens with zero attached hydrogens (tertiary/aromatic N) is 2. The number of ketones is 1. The number of fused-ring (bicyclic) bond motifs is 1. The molecule has 0 bridgehead atoms. The molecule has 0 saturated heterocycles. The lowest BCUT2D eigenvalue weighted by molar-refractivity contribution is 0.101. The minimum absolute atomic E-state index is 0.180. The number of carbonyl (C=O) groups is 1. The van der Waals surface area contributed by atoms with E-state index in [2.05, 4.69) is 24.8 Å². The summed E-state index contributed by atoms with van der Waals surface area (Å²) < 4.78 is 27.3. The molecular formula is C23H23Cl2N5O5S2. The summed E-state index contributed by atoms with van der Waals surface area (Å²) in [5.74, 6) is -0.420. The molecule has 4 atom stereocenters. The van der Waals surface area contributed by atoms with Crippen LogP contribution >= 0.6 is 34.5 Å². The van der Waals surface area contributed by atoms with E-state index in [1.54, 1.807) is 6.07 Å². The molecule has 1 saturated carbocycles. The van der Waals surface area contributed by atoms with Crippen molar-refractivity contribution < 1.29 is 22.5 Å². The Labute approximate surface area is 227 Å². The number of hydrogen-bond acceptors (Lipinski definition) is 10. The lowest BCUT2D eigenvalue weighted by Crippen LogP contribution is -2.24. The van der Waals surface area contributed by atoms with Crippen LogP contribution in [0.25, 0.3) is 0 Å². The van der Waals surface area contributed by atoms with Gasteiger partial charge in [0, 0.05) is 35.3 Å². The van der Waals surface area contributed by atoms with E-state index >= 15 is 0 Å². The first-order valence-electron chi connectivity index (χ1n) is 11.4. The molecule has 196 valence electrons. The molecule has 0 spiro atoms. The number of carbonyl (C=O) groups excluding carboxylic acids is 1. The van der Waals surface area contributed by atoms with E-state index in [1.807, 2.05) is 18.2 Å². The highest BCUT2D eigenvalue weighted by molar-refractivity contribution is 7.84. The van der Waals surface area contributed by atoms with Gasteiger partial charge in [-0.15, -0.1) is 11.3 Å². The predicted octanol–water partition coefficient (Wildman–Crippen LogP) is 3.04. The van der Waals surface area contributed by atoms with Crippen molar-refractivity contribution >= 4 is 56.4 Å². The van der Waals surface area contributed by atoms with Gasteiger partial charge < -0.3 is 15.7 Å². The summed E-state index contributed by atoms with van der Waals surface area (Å²) in [6, 6.07) is 7.05. The Hall–Kier alpha value is -2.16. The molecule has 37 heavy (non-hydrogen) atoms. The maximum atomic E-state index is 13.5. The van der Waals surface area contributed by atoms with E-state index in [9.17, 15) is 18.3 Å². The zero-order chi connectivity index (χ0) is 26.3. The number of halogens is 2. The third-order valence-corrected chi connectivity index (χ3v) is 8.65. The second kappa shape index (κ2) is 10.5. The van der Waals surface area contributed by atoms with Gasteiger partial charge in [0.2, 0.25) is 5.78 Å². The van der Waals surface area contributed by atoms with E-state index in [4.69, 9.17) is 28.3 Å². The number of aliphatic hydroxyl groups is 1. The van der Waals surface area contributed by atoms with Crippen molar-refractivity contribution in [3.8, 4) is 0 Å². The molecule has 5 rings (SSSR count). The molecule has 5 N–H and O–H groups in total. The zero-order valence-electron chi connectivity index (χ0n) is 19.2. The number of rotatable bonds is 8. The fourth-order valence-corrected chi connectivity index (χ4v) is 6.64. The fourth-order valence-electron chi connectivity index (χ4n) is 4.81. The zero-order valence-corrected chi connectivity index (χ0v) is 22.4. The number of nitrogens with one attached hydrogen (secondary N) is 2. The Morgan fingerprint density at radius 2 is 2.08 bits per heavy atom. The first kappa shape index (κ1) is 26.4. The van der Waals surface area contributed by atoms with E-state index in [0.29, 0.717) is 39.4 Å². The van der Waals surface area contributed by atoms with E-state index in [-0.39, 0.29) is 30.0 Å². The first-order chi connectivity index (χ1) is 17.6. The predicted molar refractivity (Wildman–Crippen MR) is 140 cm³/mol. The van der Waals surface area contributed by atoms with Crippen molar-refractivity contribution in [1.29, 1.82) is 0 Å². The lowest BCUT2D eigenvalue weighted by atomic mass is 10.00. The maximum Gasteiger partial charge on any atom is 0.333 e. The molecule has 1 aliphatic carbocycles. The monoisotopic (exact) mass is 583 g/mol. The topological polar surface area (TPSA) is 157 Å². The van der Waals surface area contributed by atoms with Crippen molar-refractivity contribution in [2.24, 2.45) is 11.1 Å². The van der Waals surface area contributed by atoms with Crippen molar-refractivity contribution in [2.45, 2.75) is 37.6 Å². The molecule has 14 heteroatoms. The third kappa shape index (κ3) is 5.81. The number of benzene rings is 1. The summed E-state index contributed by atoms with van der Waals surface area (Å²) >= 11 is 14.0. The molecule has 1 aromatic carbocycles. The van der Waals surface area contributed by atoms with Crippen LogP contribution in [0.15, 0.2) is 36.8 Å². The van der Waals surface area contributed by atoms with Crippen LogP contribution in [0.4, 0.5) is 5.82 Å². The minimum atomic E-state index is -4.10. The SMILES string of the molecule is NS(=O)(=O)OC[C@H]1C[C@@H](Nc2ncncc2C(=O)c2cc([C@H]3NCc4ccc(Cl)cc43)c(Cl)s2)C[C@@H]1O. The van der Waals surface area contributed by atoms with Gasteiger partial charge in [0.1, 0.15) is 12.1 Å². The average molecular weight is 585 g/mol. The van der Waals surface area contributed by atoms with Crippen LogP contribution < -0.4 is 15.8 Å². The van der Waals surface area contributed by atoms with Crippen LogP contribution in [-0.4, -0.2) is 48.0 Å². The van der Waals surface area contributed by atoms with Gasteiger partial charge in [-0.2, -0.15) is 8.42 Å². The molecule has 3 aromatic rings. The molecule has 10 nitrogen and oxygen atoms in total. The average Bonchev–Trinajstić information content (AvgIpc) is 3.53. The second-order valence-corrected chi connectivity index (χ2v) is 12.3. The van der Waals surface area contributed by atoms with E-state index < -0.39 is 22.3 Å². The van der Waals surface area contributed by atoms with Crippen LogP contribution in [0.5, 0.6) is 0 Å². The molecule has 3 heterocycles. The Kier molecular flexibility index (Phi) is 7.53. The Morgan fingerprint density at radius 1 is 1.27 bits per heavy atom. The molecular weight excluding hydrogens is 561 g/mol. The van der Waals surface area contributed by atoms with Crippen molar-refractivity contribution in [3.63, 3.8) is 0 Å². The molecule has 1 fully saturated rings. The molecule has 0 unspecified atom stereocenters. The van der Waals surface area contributed by atoms with Gasteiger partial charge in [-0.05, 0) is 42.2 Å². The normalized spacial score (nSPS) is 23.2. The summed E-state index contributed by atoms with van der Waals surface area (Å²) in [7, 11) is -4.10. The summed E-state index contributed by atoms with van der Waals surface area (Å²) in [6.45, 7) is 0.442. The molecule has 2 aromatic heterocycles. The summed E-state index contributed by atoms with van der Waals surface area (Å²) in [6.07, 6.45) is 2.68. The number of aromatic nitrogens is 2. The van der Waals surface area contributed by atoms with Gasteiger partial charge in [-0.3, -0.25) is 8.98 Å². The number of thiophene rings is 1. The number of anilines is 1. The maximum absolute atomic E-state index is 13.5. The third-order valence-electron chi connectivity index (χ3n) is 6.57. The van der Waals surface area contributed by atoms with Crippen LogP contribution in [0.3, 0.4) is 0 Å². The Morgan fingerprint density at radius 3 is 2.86 bits per heavy atom. The van der Waals surface area contributed by atoms with Gasteiger partial charge in [0.05, 0.1) is 33.5 Å². The van der Waals surface area contributed by atoms with Crippen LogP contribution in [-0.2, 0) is 21.0 Å². The largest absolute Gasteiger partial charge is 0.393 e. The standard InChI is InChI=1S/C23H23Cl2N5O5S2/c24-13-2-1-11-7-28-20(15(11)4-13)16-6-19(36-22(16)25)21(32)17-8-27-10-29-23(17)30-14-3-12(18(31)5-14)9-35-37(26,33)34/h1-2,4,6,8,10,12,14,18,20,28,31H,3,5,7,9H2,(H2,26,33,34)(H,27,29,30)/t12-,14-,18+,20+/m1/s1. The Balaban J connectivity index is 1.34. The van der Waals surface area contributed by atoms with Crippen LogP contribution in [0.1, 0.15) is 50.8 Å². The first-order valence-corrected chi connectivity index (χ1v) is 14.4. The van der Waals surface area contributed by atoms with Crippen molar-refractivity contribution in [1.82, 2.24) is 15.3 Å². The van der Waals surface area contributed by atoms with Crippen LogP contribution in [0.2, 0.25) is 9.36 Å². The number of hydrogen-bond donors (Lipinski definition) is 4. The summed E-state index contributed by atoms with van der Waals surface area (Å²) in [5, 5.41) is 22.5. The van der Waals surface area contributed by atoms with Gasteiger partial charge in [-0.1, -0.05) is 29.3 Å². The molecule has 0 radical (unpaired) electrons. The lowest BCUT2D eigenvalue weighted by Gasteiger charge is -2.15.